The number of fused-ring (bicyclic) bond motifs is 2. The Morgan fingerprint density at radius 3 is 1.94 bits per heavy atom. The summed E-state index contributed by atoms with van der Waals surface area (Å²) in [5.41, 5.74) is 7.20. The van der Waals surface area contributed by atoms with Crippen molar-refractivity contribution in [3.63, 3.8) is 0 Å². The molecule has 0 aliphatic carbocycles. The van der Waals surface area contributed by atoms with Crippen LogP contribution in [0.25, 0.3) is 44.6 Å². The fourth-order valence-corrected chi connectivity index (χ4v) is 4.31. The fraction of sp³-hybridized carbons (Fsp3) is 0.167. The summed E-state index contributed by atoms with van der Waals surface area (Å²) < 4.78 is 14.0. The quantitative estimate of drug-likeness (QED) is 0.161. The third kappa shape index (κ3) is 5.19. The van der Waals surface area contributed by atoms with Gasteiger partial charge in [-0.15, -0.1) is 0 Å². The first-order chi connectivity index (χ1) is 17.3. The monoisotopic (exact) mass is 562 g/mol. The van der Waals surface area contributed by atoms with Crippen molar-refractivity contribution in [2.45, 2.75) is 27.7 Å². The minimum absolute atomic E-state index is 0.792. The number of aryl methyl sites for hydroxylation is 4. The molecule has 0 atom stereocenters. The predicted molar refractivity (Wildman–Crippen MR) is 147 cm³/mol. The third-order valence-corrected chi connectivity index (χ3v) is 6.13. The van der Waals surface area contributed by atoms with Gasteiger partial charge in [0.1, 0.15) is 22.8 Å². The number of halogens is 1. The molecule has 6 rings (SSSR count). The van der Waals surface area contributed by atoms with Crippen molar-refractivity contribution >= 4 is 58.5 Å². The maximum atomic E-state index is 5.16. The number of rotatable bonds is 2. The van der Waals surface area contributed by atoms with Gasteiger partial charge in [-0.3, -0.25) is 0 Å². The van der Waals surface area contributed by atoms with Gasteiger partial charge >= 0.3 is 24.8 Å². The number of aromatic nitrogens is 6. The number of pyridine rings is 2. The molecule has 2 N–H and O–H groups in total. The summed E-state index contributed by atoms with van der Waals surface area (Å²) >= 11 is 6.66. The number of hydrogen-bond donors (Lipinski definition) is 3. The van der Waals surface area contributed by atoms with Crippen LogP contribution in [0.1, 0.15) is 22.9 Å². The Morgan fingerprint density at radius 2 is 1.39 bits per heavy atom. The molecule has 0 spiro atoms. The Hall–Kier alpha value is -3.51. The van der Waals surface area contributed by atoms with Gasteiger partial charge in [-0.05, 0) is 74.0 Å². The molecule has 0 saturated heterocycles. The van der Waals surface area contributed by atoms with Crippen LogP contribution in [0.5, 0.6) is 0 Å². The maximum absolute atomic E-state index is 5.16. The van der Waals surface area contributed by atoms with Crippen LogP contribution >= 0.6 is 28.7 Å². The van der Waals surface area contributed by atoms with Crippen LogP contribution in [-0.4, -0.2) is 37.9 Å². The van der Waals surface area contributed by atoms with Crippen molar-refractivity contribution in [1.82, 2.24) is 30.2 Å². The van der Waals surface area contributed by atoms with E-state index in [1.54, 1.807) is 0 Å². The topological polar surface area (TPSA) is 122 Å². The second-order valence-electron chi connectivity index (χ2n) is 7.86. The zero-order chi connectivity index (χ0) is 25.8. The van der Waals surface area contributed by atoms with Crippen LogP contribution in [0.2, 0.25) is 0 Å². The number of nitrogens with one attached hydrogen (secondary N) is 2. The Balaban J connectivity index is 0.000000153. The Labute approximate surface area is 221 Å². The molecule has 6 aromatic heterocycles. The second kappa shape index (κ2) is 11.0. The molecule has 0 aliphatic heterocycles. The zero-order valence-corrected chi connectivity index (χ0v) is 22.5. The zero-order valence-electron chi connectivity index (χ0n) is 20.0. The summed E-state index contributed by atoms with van der Waals surface area (Å²) in [5, 5.41) is 10.1. The van der Waals surface area contributed by atoms with E-state index in [9.17, 15) is 0 Å². The van der Waals surface area contributed by atoms with E-state index in [-0.39, 0.29) is 0 Å². The number of aromatic amines is 2. The van der Waals surface area contributed by atoms with E-state index in [2.05, 4.69) is 70.9 Å². The summed E-state index contributed by atoms with van der Waals surface area (Å²) in [4.78, 5) is 15.3. The molecule has 0 saturated carbocycles. The van der Waals surface area contributed by atoms with Gasteiger partial charge in [0.2, 0.25) is 0 Å². The van der Waals surface area contributed by atoms with E-state index in [1.807, 2.05) is 70.4 Å². The molecule has 0 bridgehead atoms. The Morgan fingerprint density at radius 1 is 0.833 bits per heavy atom. The van der Waals surface area contributed by atoms with Crippen molar-refractivity contribution in [3.05, 3.63) is 70.1 Å². The normalized spacial score (nSPS) is 10.6. The first kappa shape index (κ1) is 25.6. The van der Waals surface area contributed by atoms with Gasteiger partial charge in [0, 0.05) is 27.6 Å². The predicted octanol–water partition coefficient (Wildman–Crippen LogP) is 6.62. The van der Waals surface area contributed by atoms with Crippen LogP contribution in [0, 0.1) is 27.7 Å². The summed E-state index contributed by atoms with van der Waals surface area (Å²) in [6, 6.07) is 10.0. The number of thiol groups is 1. The number of H-pyrrole nitrogens is 2. The van der Waals surface area contributed by atoms with E-state index in [0.717, 1.165) is 72.0 Å². The molecule has 0 fully saturated rings. The molecular formula is C24H22BBrN7O2S. The molecule has 0 unspecified atom stereocenters. The summed E-state index contributed by atoms with van der Waals surface area (Å²) in [6.07, 6.45) is 3.77. The summed E-state index contributed by atoms with van der Waals surface area (Å²) in [7, 11) is 4.34. The molecule has 6 heterocycles. The fourth-order valence-electron chi connectivity index (χ4n) is 3.88. The van der Waals surface area contributed by atoms with Gasteiger partial charge in [-0.2, -0.15) is 0 Å². The first-order valence-electron chi connectivity index (χ1n) is 10.8. The molecule has 0 aromatic carbocycles. The van der Waals surface area contributed by atoms with Crippen molar-refractivity contribution in [3.8, 4) is 22.5 Å². The standard InChI is InChI=1S/C12H10BrN3O.C12H11N3O.BHNS/c1-6-11(7(2)17-16-6)10-4-3-8-9(13)5-14-12(8)15-10;1-7-11(8(2)16-15-7)10-4-3-9-5-6-13-12(9)14-10;1-2-3/h3-5H,1-2H3,(H,14,15);3-6H,1-2H3,(H,13,14);3H. The third-order valence-electron chi connectivity index (χ3n) is 5.48. The van der Waals surface area contributed by atoms with Gasteiger partial charge in [-0.25, -0.2) is 9.97 Å². The van der Waals surface area contributed by atoms with Gasteiger partial charge in [-0.1, -0.05) is 10.3 Å². The molecule has 181 valence electrons. The molecule has 1 radical (unpaired) electrons. The average molecular weight is 563 g/mol. The van der Waals surface area contributed by atoms with Gasteiger partial charge < -0.3 is 19.0 Å². The van der Waals surface area contributed by atoms with Crippen LogP contribution in [0.15, 0.2) is 60.5 Å². The van der Waals surface area contributed by atoms with E-state index >= 15 is 0 Å². The Bertz CT molecular complexity index is 1610. The van der Waals surface area contributed by atoms with E-state index in [1.165, 1.54) is 0 Å². The SMILES string of the molecule is Cc1noc(C)c1-c1ccc2c(Br)c[nH]c2n1.Cc1noc(C)c1-c1ccc2cc[nH]c2n1.[B]=NS. The minimum atomic E-state index is 0.792. The molecular weight excluding hydrogens is 541 g/mol. The van der Waals surface area contributed by atoms with Gasteiger partial charge in [0.05, 0.1) is 33.9 Å². The van der Waals surface area contributed by atoms with Crippen LogP contribution in [-0.2, 0) is 0 Å². The van der Waals surface area contributed by atoms with Gasteiger partial charge in [0.25, 0.3) is 0 Å². The van der Waals surface area contributed by atoms with Crippen molar-refractivity contribution < 1.29 is 9.05 Å². The van der Waals surface area contributed by atoms with E-state index < -0.39 is 0 Å². The summed E-state index contributed by atoms with van der Waals surface area (Å²) in [6.45, 7) is 7.64. The van der Waals surface area contributed by atoms with Crippen LogP contribution in [0.4, 0.5) is 0 Å². The molecule has 6 aromatic rings. The molecule has 9 nitrogen and oxygen atoms in total. The number of nitrogens with zero attached hydrogens (tertiary/aromatic N) is 5. The first-order valence-corrected chi connectivity index (χ1v) is 12.0. The van der Waals surface area contributed by atoms with Crippen molar-refractivity contribution in [2.24, 2.45) is 4.30 Å². The van der Waals surface area contributed by atoms with Crippen molar-refractivity contribution in [1.29, 1.82) is 0 Å². The number of hydrogen-bond acceptors (Lipinski definition) is 8. The molecule has 12 heteroatoms. The second-order valence-corrected chi connectivity index (χ2v) is 8.94. The average Bonchev–Trinajstić information content (AvgIpc) is 3.63. The van der Waals surface area contributed by atoms with Crippen molar-refractivity contribution in [2.75, 3.05) is 0 Å². The molecule has 0 amide bonds. The molecule has 0 aliphatic rings. The van der Waals surface area contributed by atoms with Gasteiger partial charge in [0.15, 0.2) is 0 Å². The Kier molecular flexibility index (Phi) is 7.85. The van der Waals surface area contributed by atoms with Crippen LogP contribution < -0.4 is 0 Å². The molecule has 36 heavy (non-hydrogen) atoms. The van der Waals surface area contributed by atoms with E-state index in [4.69, 9.17) is 9.05 Å². The van der Waals surface area contributed by atoms with E-state index in [0.29, 0.717) is 0 Å². The van der Waals surface area contributed by atoms with Crippen LogP contribution in [0.3, 0.4) is 0 Å². The summed E-state index contributed by atoms with van der Waals surface area (Å²) in [5.74, 6) is 1.59.